The summed E-state index contributed by atoms with van der Waals surface area (Å²) < 4.78 is 10.5. The summed E-state index contributed by atoms with van der Waals surface area (Å²) in [5, 5.41) is 10.2. The fraction of sp³-hybridized carbons (Fsp3) is 0.133. The van der Waals surface area contributed by atoms with Crippen LogP contribution in [0, 0.1) is 13.8 Å². The average Bonchev–Trinajstić information content (AvgIpc) is 3.11. The maximum absolute atomic E-state index is 12.2. The molecule has 6 nitrogen and oxygen atoms in total. The van der Waals surface area contributed by atoms with Crippen LogP contribution in [0.5, 0.6) is 0 Å². The molecule has 21 heavy (non-hydrogen) atoms. The van der Waals surface area contributed by atoms with E-state index in [4.69, 9.17) is 8.83 Å². The number of aryl methyl sites for hydroxylation is 2. The fourth-order valence-electron chi connectivity index (χ4n) is 1.92. The summed E-state index contributed by atoms with van der Waals surface area (Å²) in [6, 6.07) is 9.11. The number of rotatable bonds is 3. The summed E-state index contributed by atoms with van der Waals surface area (Å²) in [6.45, 7) is 3.80. The molecule has 0 bridgehead atoms. The van der Waals surface area contributed by atoms with Crippen LogP contribution >= 0.6 is 0 Å². The van der Waals surface area contributed by atoms with Gasteiger partial charge in [-0.05, 0) is 37.6 Å². The molecule has 2 aromatic heterocycles. The van der Waals surface area contributed by atoms with Gasteiger partial charge in [-0.15, -0.1) is 5.10 Å². The second-order valence-corrected chi connectivity index (χ2v) is 4.66. The molecule has 0 aliphatic carbocycles. The van der Waals surface area contributed by atoms with Gasteiger partial charge in [-0.2, -0.15) is 0 Å². The van der Waals surface area contributed by atoms with Crippen LogP contribution in [0.3, 0.4) is 0 Å². The highest BCUT2D eigenvalue weighted by atomic mass is 16.4. The molecule has 0 radical (unpaired) electrons. The number of hydrogen-bond donors (Lipinski definition) is 1. The number of furan rings is 1. The van der Waals surface area contributed by atoms with Crippen molar-refractivity contribution in [2.24, 2.45) is 0 Å². The molecule has 0 aliphatic heterocycles. The van der Waals surface area contributed by atoms with Gasteiger partial charge in [-0.1, -0.05) is 22.8 Å². The van der Waals surface area contributed by atoms with Crippen molar-refractivity contribution in [3.8, 4) is 11.7 Å². The Morgan fingerprint density at radius 2 is 2.05 bits per heavy atom. The SMILES string of the molecule is Cc1ccc(C)c(C(=O)Nc2nnc(-c3ccco3)o2)c1. The summed E-state index contributed by atoms with van der Waals surface area (Å²) in [7, 11) is 0. The van der Waals surface area contributed by atoms with Gasteiger partial charge in [-0.25, -0.2) is 0 Å². The predicted molar refractivity (Wildman–Crippen MR) is 75.9 cm³/mol. The monoisotopic (exact) mass is 283 g/mol. The molecule has 6 heteroatoms. The number of hydrogen-bond acceptors (Lipinski definition) is 5. The van der Waals surface area contributed by atoms with Gasteiger partial charge in [0.1, 0.15) is 0 Å². The molecule has 0 saturated carbocycles. The van der Waals surface area contributed by atoms with E-state index in [1.165, 1.54) is 6.26 Å². The Balaban J connectivity index is 1.80. The zero-order valence-electron chi connectivity index (χ0n) is 11.6. The first-order valence-corrected chi connectivity index (χ1v) is 6.39. The normalized spacial score (nSPS) is 10.6. The van der Waals surface area contributed by atoms with E-state index in [1.54, 1.807) is 12.1 Å². The molecular formula is C15H13N3O3. The summed E-state index contributed by atoms with van der Waals surface area (Å²) in [4.78, 5) is 12.2. The summed E-state index contributed by atoms with van der Waals surface area (Å²) in [5.41, 5.74) is 2.46. The molecule has 3 rings (SSSR count). The molecule has 0 aliphatic rings. The molecule has 106 valence electrons. The molecule has 1 aromatic carbocycles. The van der Waals surface area contributed by atoms with Gasteiger partial charge < -0.3 is 8.83 Å². The van der Waals surface area contributed by atoms with Crippen LogP contribution in [0.1, 0.15) is 21.5 Å². The van der Waals surface area contributed by atoms with E-state index in [-0.39, 0.29) is 17.8 Å². The number of nitrogens with zero attached hydrogens (tertiary/aromatic N) is 2. The molecule has 1 N–H and O–H groups in total. The van der Waals surface area contributed by atoms with Gasteiger partial charge in [0, 0.05) is 5.56 Å². The molecular weight excluding hydrogens is 270 g/mol. The van der Waals surface area contributed by atoms with Crippen molar-refractivity contribution in [1.82, 2.24) is 10.2 Å². The molecule has 0 spiro atoms. The first-order valence-electron chi connectivity index (χ1n) is 6.39. The summed E-state index contributed by atoms with van der Waals surface area (Å²) >= 11 is 0. The highest BCUT2D eigenvalue weighted by molar-refractivity contribution is 6.04. The third kappa shape index (κ3) is 2.69. The lowest BCUT2D eigenvalue weighted by Crippen LogP contribution is -2.13. The number of aromatic nitrogens is 2. The van der Waals surface area contributed by atoms with Crippen LogP contribution in [-0.2, 0) is 0 Å². The maximum Gasteiger partial charge on any atom is 0.322 e. The Bertz CT molecular complexity index is 775. The summed E-state index contributed by atoms with van der Waals surface area (Å²) in [5.74, 6) is 0.386. The minimum absolute atomic E-state index is 0.0345. The molecule has 3 aromatic rings. The largest absolute Gasteiger partial charge is 0.459 e. The topological polar surface area (TPSA) is 81.2 Å². The lowest BCUT2D eigenvalue weighted by Gasteiger charge is -2.05. The van der Waals surface area contributed by atoms with Crippen molar-refractivity contribution in [2.75, 3.05) is 5.32 Å². The van der Waals surface area contributed by atoms with E-state index in [9.17, 15) is 4.79 Å². The summed E-state index contributed by atoms with van der Waals surface area (Å²) in [6.07, 6.45) is 1.51. The van der Waals surface area contributed by atoms with Crippen molar-refractivity contribution >= 4 is 11.9 Å². The number of carbonyl (C=O) groups excluding carboxylic acids is 1. The van der Waals surface area contributed by atoms with Gasteiger partial charge in [0.15, 0.2) is 5.76 Å². The first kappa shape index (κ1) is 13.1. The lowest BCUT2D eigenvalue weighted by molar-refractivity contribution is 0.102. The Labute approximate surface area is 120 Å². The smallest absolute Gasteiger partial charge is 0.322 e. The van der Waals surface area contributed by atoms with Crippen LogP contribution in [-0.4, -0.2) is 16.1 Å². The molecule has 0 saturated heterocycles. The van der Waals surface area contributed by atoms with Gasteiger partial charge in [0.05, 0.1) is 6.26 Å². The minimum Gasteiger partial charge on any atom is -0.459 e. The van der Waals surface area contributed by atoms with Crippen molar-refractivity contribution in [3.63, 3.8) is 0 Å². The van der Waals surface area contributed by atoms with Crippen molar-refractivity contribution < 1.29 is 13.6 Å². The highest BCUT2D eigenvalue weighted by Gasteiger charge is 2.15. The van der Waals surface area contributed by atoms with Crippen LogP contribution in [0.2, 0.25) is 0 Å². The van der Waals surface area contributed by atoms with Crippen molar-refractivity contribution in [2.45, 2.75) is 13.8 Å². The van der Waals surface area contributed by atoms with E-state index in [2.05, 4.69) is 15.5 Å². The number of carbonyl (C=O) groups is 1. The second-order valence-electron chi connectivity index (χ2n) is 4.66. The van der Waals surface area contributed by atoms with Crippen LogP contribution < -0.4 is 5.32 Å². The van der Waals surface area contributed by atoms with E-state index >= 15 is 0 Å². The van der Waals surface area contributed by atoms with Gasteiger partial charge >= 0.3 is 6.01 Å². The zero-order chi connectivity index (χ0) is 14.8. The third-order valence-electron chi connectivity index (χ3n) is 3.02. The van der Waals surface area contributed by atoms with E-state index < -0.39 is 0 Å². The van der Waals surface area contributed by atoms with Crippen LogP contribution in [0.4, 0.5) is 6.01 Å². The van der Waals surface area contributed by atoms with Gasteiger partial charge in [-0.3, -0.25) is 10.1 Å². The number of nitrogens with one attached hydrogen (secondary N) is 1. The lowest BCUT2D eigenvalue weighted by atomic mass is 10.1. The Morgan fingerprint density at radius 3 is 2.81 bits per heavy atom. The van der Waals surface area contributed by atoms with E-state index in [0.717, 1.165) is 11.1 Å². The standard InChI is InChI=1S/C15H13N3O3/c1-9-5-6-10(2)11(8-9)13(19)16-15-18-17-14(21-15)12-4-3-7-20-12/h3-8H,1-2H3,(H,16,18,19). The maximum atomic E-state index is 12.2. The molecule has 0 unspecified atom stereocenters. The fourth-order valence-corrected chi connectivity index (χ4v) is 1.92. The quantitative estimate of drug-likeness (QED) is 0.798. The first-order chi connectivity index (χ1) is 10.1. The minimum atomic E-state index is -0.286. The molecule has 0 fully saturated rings. The van der Waals surface area contributed by atoms with Gasteiger partial charge in [0.25, 0.3) is 11.8 Å². The van der Waals surface area contributed by atoms with Crippen molar-refractivity contribution in [1.29, 1.82) is 0 Å². The number of anilines is 1. The molecule has 0 atom stereocenters. The molecule has 1 amide bonds. The van der Waals surface area contributed by atoms with E-state index in [0.29, 0.717) is 11.3 Å². The Morgan fingerprint density at radius 1 is 1.19 bits per heavy atom. The Hall–Kier alpha value is -2.89. The van der Waals surface area contributed by atoms with Gasteiger partial charge in [0.2, 0.25) is 0 Å². The second kappa shape index (κ2) is 5.24. The predicted octanol–water partition coefficient (Wildman–Crippen LogP) is 3.20. The average molecular weight is 283 g/mol. The van der Waals surface area contributed by atoms with Crippen LogP contribution in [0.25, 0.3) is 11.7 Å². The zero-order valence-corrected chi connectivity index (χ0v) is 11.6. The van der Waals surface area contributed by atoms with E-state index in [1.807, 2.05) is 32.0 Å². The number of benzene rings is 1. The van der Waals surface area contributed by atoms with Crippen LogP contribution in [0.15, 0.2) is 45.4 Å². The number of amides is 1. The Kier molecular flexibility index (Phi) is 3.27. The highest BCUT2D eigenvalue weighted by Crippen LogP contribution is 2.20. The third-order valence-corrected chi connectivity index (χ3v) is 3.02. The molecule has 2 heterocycles. The van der Waals surface area contributed by atoms with Crippen molar-refractivity contribution in [3.05, 3.63) is 53.3 Å².